The summed E-state index contributed by atoms with van der Waals surface area (Å²) < 4.78 is 39.4. The first-order valence-electron chi connectivity index (χ1n) is 11.4. The minimum atomic E-state index is -3.82. The molecule has 3 aliphatic rings. The highest BCUT2D eigenvalue weighted by atomic mass is 32.2. The molecule has 0 spiro atoms. The zero-order valence-electron chi connectivity index (χ0n) is 18.8. The number of ether oxygens (including phenoxy) is 2. The highest BCUT2D eigenvalue weighted by Crippen LogP contribution is 2.47. The van der Waals surface area contributed by atoms with Gasteiger partial charge >= 0.3 is 0 Å². The summed E-state index contributed by atoms with van der Waals surface area (Å²) >= 11 is 1.47. The maximum Gasteiger partial charge on any atom is 0.251 e. The van der Waals surface area contributed by atoms with Crippen LogP contribution in [0.4, 0.5) is 11.4 Å². The van der Waals surface area contributed by atoms with Gasteiger partial charge in [0, 0.05) is 54.6 Å². The number of para-hydroxylation sites is 1. The third kappa shape index (κ3) is 4.95. The Labute approximate surface area is 203 Å². The van der Waals surface area contributed by atoms with Crippen molar-refractivity contribution in [3.05, 3.63) is 42.0 Å². The van der Waals surface area contributed by atoms with Crippen molar-refractivity contribution in [1.82, 2.24) is 14.5 Å². The van der Waals surface area contributed by atoms with E-state index in [1.54, 1.807) is 6.07 Å². The molecule has 2 saturated heterocycles. The number of sulfonamides is 1. The predicted molar refractivity (Wildman–Crippen MR) is 129 cm³/mol. The lowest BCUT2D eigenvalue weighted by Gasteiger charge is -2.29. The van der Waals surface area contributed by atoms with Crippen LogP contribution in [0.15, 0.2) is 51.1 Å². The molecule has 0 unspecified atom stereocenters. The quantitative estimate of drug-likeness (QED) is 0.526. The largest absolute Gasteiger partial charge is 0.379 e. The predicted octanol–water partition coefficient (Wildman–Crippen LogP) is 1.98. The molecule has 0 radical (unpaired) electrons. The fourth-order valence-corrected chi connectivity index (χ4v) is 6.95. The molecule has 0 saturated carbocycles. The van der Waals surface area contributed by atoms with E-state index in [1.807, 2.05) is 24.3 Å². The smallest absolute Gasteiger partial charge is 0.251 e. The third-order valence-electron chi connectivity index (χ3n) is 6.10. The van der Waals surface area contributed by atoms with E-state index in [1.165, 1.54) is 22.1 Å². The number of benzene rings is 2. The van der Waals surface area contributed by atoms with E-state index in [2.05, 4.69) is 15.5 Å². The summed E-state index contributed by atoms with van der Waals surface area (Å²) in [6.07, 6.45) is 0. The van der Waals surface area contributed by atoms with Crippen LogP contribution < -0.4 is 10.6 Å². The maximum atomic E-state index is 13.6. The Hall–Kier alpha value is -2.15. The van der Waals surface area contributed by atoms with Crippen LogP contribution in [0.2, 0.25) is 0 Å². The summed E-state index contributed by atoms with van der Waals surface area (Å²) in [7, 11) is -3.82. The van der Waals surface area contributed by atoms with Crippen molar-refractivity contribution in [3.63, 3.8) is 0 Å². The first-order chi connectivity index (χ1) is 16.5. The molecule has 182 valence electrons. The van der Waals surface area contributed by atoms with Crippen molar-refractivity contribution in [2.24, 2.45) is 0 Å². The molecule has 0 bridgehead atoms. The number of fused-ring (bicyclic) bond motifs is 2. The van der Waals surface area contributed by atoms with Crippen LogP contribution in [0.1, 0.15) is 10.4 Å². The standard InChI is InChI=1S/C23H28N4O5S2/c28-23(24-5-6-26-7-11-31-12-8-26)17-15-20-22(25-18-3-1-2-4-19(18)33-20)21(16-17)34(29,30)27-9-13-32-14-10-27/h1-4,15-16,25H,5-14H2,(H,24,28). The van der Waals surface area contributed by atoms with E-state index >= 15 is 0 Å². The molecule has 34 heavy (non-hydrogen) atoms. The average molecular weight is 505 g/mol. The van der Waals surface area contributed by atoms with Crippen molar-refractivity contribution in [3.8, 4) is 0 Å². The summed E-state index contributed by atoms with van der Waals surface area (Å²) in [6, 6.07) is 11.0. The second-order valence-corrected chi connectivity index (χ2v) is 11.3. The van der Waals surface area contributed by atoms with Gasteiger partial charge in [-0.3, -0.25) is 9.69 Å². The number of nitrogens with zero attached hydrogens (tertiary/aromatic N) is 2. The van der Waals surface area contributed by atoms with Gasteiger partial charge < -0.3 is 20.1 Å². The Morgan fingerprint density at radius 3 is 2.47 bits per heavy atom. The van der Waals surface area contributed by atoms with Crippen LogP contribution in [0.3, 0.4) is 0 Å². The van der Waals surface area contributed by atoms with Crippen molar-refractivity contribution >= 4 is 39.1 Å². The number of morpholine rings is 2. The lowest BCUT2D eigenvalue weighted by atomic mass is 10.1. The lowest BCUT2D eigenvalue weighted by molar-refractivity contribution is 0.0383. The lowest BCUT2D eigenvalue weighted by Crippen LogP contribution is -2.41. The van der Waals surface area contributed by atoms with Crippen LogP contribution >= 0.6 is 11.8 Å². The van der Waals surface area contributed by atoms with Crippen LogP contribution in [0.25, 0.3) is 0 Å². The van der Waals surface area contributed by atoms with Crippen LogP contribution in [-0.2, 0) is 19.5 Å². The highest BCUT2D eigenvalue weighted by molar-refractivity contribution is 7.99. The number of rotatable bonds is 6. The van der Waals surface area contributed by atoms with Crippen molar-refractivity contribution in [2.45, 2.75) is 14.7 Å². The van der Waals surface area contributed by atoms with Gasteiger partial charge in [-0.25, -0.2) is 8.42 Å². The number of nitrogens with one attached hydrogen (secondary N) is 2. The maximum absolute atomic E-state index is 13.6. The minimum absolute atomic E-state index is 0.118. The molecule has 1 amide bonds. The van der Waals surface area contributed by atoms with Crippen molar-refractivity contribution < 1.29 is 22.7 Å². The fourth-order valence-electron chi connectivity index (χ4n) is 4.22. The Kier molecular flexibility index (Phi) is 7.09. The molecule has 9 nitrogen and oxygen atoms in total. The van der Waals surface area contributed by atoms with E-state index in [4.69, 9.17) is 9.47 Å². The topological polar surface area (TPSA) is 100 Å². The first kappa shape index (κ1) is 23.6. The van der Waals surface area contributed by atoms with Gasteiger partial charge in [-0.15, -0.1) is 0 Å². The number of hydrogen-bond donors (Lipinski definition) is 2. The molecule has 5 rings (SSSR count). The number of carbonyl (C=O) groups is 1. The fraction of sp³-hybridized carbons (Fsp3) is 0.435. The minimum Gasteiger partial charge on any atom is -0.379 e. The zero-order chi connectivity index (χ0) is 23.5. The molecule has 0 aliphatic carbocycles. The number of anilines is 2. The number of hydrogen-bond acceptors (Lipinski definition) is 8. The van der Waals surface area contributed by atoms with Gasteiger partial charge in [0.15, 0.2) is 0 Å². The average Bonchev–Trinajstić information content (AvgIpc) is 2.88. The Balaban J connectivity index is 1.43. The van der Waals surface area contributed by atoms with Gasteiger partial charge in [0.2, 0.25) is 10.0 Å². The van der Waals surface area contributed by atoms with Gasteiger partial charge in [0.25, 0.3) is 5.91 Å². The van der Waals surface area contributed by atoms with Gasteiger partial charge in [-0.1, -0.05) is 23.9 Å². The van der Waals surface area contributed by atoms with Crippen molar-refractivity contribution in [2.75, 3.05) is 71.0 Å². The van der Waals surface area contributed by atoms with Crippen LogP contribution in [-0.4, -0.2) is 89.2 Å². The second-order valence-electron chi connectivity index (χ2n) is 8.30. The van der Waals surface area contributed by atoms with Gasteiger partial charge in [-0.05, 0) is 24.3 Å². The molecule has 3 aliphatic heterocycles. The second kappa shape index (κ2) is 10.2. The van der Waals surface area contributed by atoms with E-state index in [0.717, 1.165) is 30.2 Å². The van der Waals surface area contributed by atoms with E-state index in [-0.39, 0.29) is 23.9 Å². The van der Waals surface area contributed by atoms with E-state index in [9.17, 15) is 13.2 Å². The molecule has 3 heterocycles. The summed E-state index contributed by atoms with van der Waals surface area (Å²) in [5.41, 5.74) is 1.70. The van der Waals surface area contributed by atoms with Gasteiger partial charge in [0.05, 0.1) is 37.8 Å². The summed E-state index contributed by atoms with van der Waals surface area (Å²) in [5.74, 6) is -0.283. The molecule has 2 aromatic carbocycles. The monoisotopic (exact) mass is 504 g/mol. The zero-order valence-corrected chi connectivity index (χ0v) is 20.4. The normalized spacial score (nSPS) is 19.1. The summed E-state index contributed by atoms with van der Waals surface area (Å²) in [4.78, 5) is 17.1. The molecule has 2 N–H and O–H groups in total. The molecule has 2 aromatic rings. The van der Waals surface area contributed by atoms with Crippen LogP contribution in [0, 0.1) is 0 Å². The van der Waals surface area contributed by atoms with E-state index < -0.39 is 10.0 Å². The first-order valence-corrected chi connectivity index (χ1v) is 13.7. The summed E-state index contributed by atoms with van der Waals surface area (Å²) in [6.45, 7) is 5.59. The number of carbonyl (C=O) groups excluding carboxylic acids is 1. The molecule has 0 aromatic heterocycles. The molecule has 0 atom stereocenters. The molecule has 2 fully saturated rings. The van der Waals surface area contributed by atoms with Crippen molar-refractivity contribution in [1.29, 1.82) is 0 Å². The van der Waals surface area contributed by atoms with E-state index in [0.29, 0.717) is 49.1 Å². The molecular formula is C23H28N4O5S2. The molecule has 11 heteroatoms. The molecular weight excluding hydrogens is 476 g/mol. The Bertz CT molecular complexity index is 1160. The van der Waals surface area contributed by atoms with Gasteiger partial charge in [-0.2, -0.15) is 4.31 Å². The van der Waals surface area contributed by atoms with Crippen LogP contribution in [0.5, 0.6) is 0 Å². The third-order valence-corrected chi connectivity index (χ3v) is 9.14. The Morgan fingerprint density at radius 2 is 1.71 bits per heavy atom. The Morgan fingerprint density at radius 1 is 1.00 bits per heavy atom. The highest BCUT2D eigenvalue weighted by Gasteiger charge is 2.33. The summed E-state index contributed by atoms with van der Waals surface area (Å²) in [5, 5.41) is 6.25. The SMILES string of the molecule is O=C(NCCN1CCOCC1)c1cc2c(c(S(=O)(=O)N3CCOCC3)c1)Nc1ccccc1S2. The van der Waals surface area contributed by atoms with Gasteiger partial charge in [0.1, 0.15) is 4.90 Å². The number of amides is 1.